The molecule has 106 valence electrons. The summed E-state index contributed by atoms with van der Waals surface area (Å²) < 4.78 is 1.70. The number of anilines is 1. The van der Waals surface area contributed by atoms with Crippen LogP contribution in [0.3, 0.4) is 0 Å². The lowest BCUT2D eigenvalue weighted by Gasteiger charge is -2.05. The SMILES string of the molecule is Cc1nn(C)c2ncc(NC(=O)c3cccc(Cl)n3)cc12. The van der Waals surface area contributed by atoms with Gasteiger partial charge in [0.1, 0.15) is 10.8 Å². The second-order valence-corrected chi connectivity index (χ2v) is 4.99. The smallest absolute Gasteiger partial charge is 0.274 e. The average Bonchev–Trinajstić information content (AvgIpc) is 2.74. The molecule has 1 amide bonds. The van der Waals surface area contributed by atoms with Crippen LogP contribution in [0.25, 0.3) is 11.0 Å². The van der Waals surface area contributed by atoms with Gasteiger partial charge in [-0.3, -0.25) is 9.48 Å². The molecule has 3 aromatic rings. The molecule has 6 nitrogen and oxygen atoms in total. The number of halogens is 1. The number of fused-ring (bicyclic) bond motifs is 1. The van der Waals surface area contributed by atoms with Gasteiger partial charge in [-0.2, -0.15) is 5.10 Å². The number of amides is 1. The van der Waals surface area contributed by atoms with E-state index in [1.54, 1.807) is 29.1 Å². The van der Waals surface area contributed by atoms with E-state index in [9.17, 15) is 4.79 Å². The van der Waals surface area contributed by atoms with E-state index in [2.05, 4.69) is 20.4 Å². The highest BCUT2D eigenvalue weighted by Crippen LogP contribution is 2.19. The quantitative estimate of drug-likeness (QED) is 0.738. The number of nitrogens with zero attached hydrogens (tertiary/aromatic N) is 4. The van der Waals surface area contributed by atoms with Crippen LogP contribution < -0.4 is 5.32 Å². The van der Waals surface area contributed by atoms with Crippen LogP contribution in [0, 0.1) is 6.92 Å². The Balaban J connectivity index is 1.91. The van der Waals surface area contributed by atoms with E-state index in [0.29, 0.717) is 5.69 Å². The largest absolute Gasteiger partial charge is 0.319 e. The normalized spacial score (nSPS) is 10.8. The van der Waals surface area contributed by atoms with Gasteiger partial charge in [0, 0.05) is 12.4 Å². The zero-order valence-electron chi connectivity index (χ0n) is 11.5. The molecular formula is C14H12ClN5O. The molecule has 3 heterocycles. The summed E-state index contributed by atoms with van der Waals surface area (Å²) in [5, 5.41) is 8.22. The van der Waals surface area contributed by atoms with Crippen LogP contribution in [0.5, 0.6) is 0 Å². The average molecular weight is 302 g/mol. The third-order valence-electron chi connectivity index (χ3n) is 3.07. The zero-order valence-corrected chi connectivity index (χ0v) is 12.2. The first-order chi connectivity index (χ1) is 10.0. The first-order valence-electron chi connectivity index (χ1n) is 6.28. The molecule has 0 saturated heterocycles. The highest BCUT2D eigenvalue weighted by Gasteiger charge is 2.11. The lowest BCUT2D eigenvalue weighted by molar-refractivity contribution is 0.102. The summed E-state index contributed by atoms with van der Waals surface area (Å²) in [6.45, 7) is 1.90. The molecule has 0 atom stereocenters. The van der Waals surface area contributed by atoms with E-state index in [1.165, 1.54) is 0 Å². The molecular weight excluding hydrogens is 290 g/mol. The summed E-state index contributed by atoms with van der Waals surface area (Å²) in [6, 6.07) is 6.73. The highest BCUT2D eigenvalue weighted by molar-refractivity contribution is 6.29. The van der Waals surface area contributed by atoms with Gasteiger partial charge in [0.25, 0.3) is 5.91 Å². The Bertz CT molecular complexity index is 842. The van der Waals surface area contributed by atoms with Gasteiger partial charge in [-0.15, -0.1) is 0 Å². The first-order valence-corrected chi connectivity index (χ1v) is 6.65. The van der Waals surface area contributed by atoms with Gasteiger partial charge in [0.15, 0.2) is 5.65 Å². The van der Waals surface area contributed by atoms with Crippen molar-refractivity contribution in [2.45, 2.75) is 6.92 Å². The van der Waals surface area contributed by atoms with Crippen LogP contribution in [0.15, 0.2) is 30.5 Å². The van der Waals surface area contributed by atoms with E-state index < -0.39 is 0 Å². The molecule has 0 fully saturated rings. The Labute approximate surface area is 125 Å². The fourth-order valence-corrected chi connectivity index (χ4v) is 2.27. The van der Waals surface area contributed by atoms with E-state index in [-0.39, 0.29) is 16.8 Å². The number of hydrogen-bond donors (Lipinski definition) is 1. The topological polar surface area (TPSA) is 72.7 Å². The molecule has 0 bridgehead atoms. The fraction of sp³-hybridized carbons (Fsp3) is 0.143. The summed E-state index contributed by atoms with van der Waals surface area (Å²) in [4.78, 5) is 20.4. The Morgan fingerprint density at radius 1 is 1.38 bits per heavy atom. The zero-order chi connectivity index (χ0) is 15.0. The first kappa shape index (κ1) is 13.5. The monoisotopic (exact) mass is 301 g/mol. The van der Waals surface area contributed by atoms with Crippen molar-refractivity contribution in [2.75, 3.05) is 5.32 Å². The Kier molecular flexibility index (Phi) is 3.31. The van der Waals surface area contributed by atoms with Crippen LogP contribution in [-0.2, 0) is 7.05 Å². The number of nitrogens with one attached hydrogen (secondary N) is 1. The number of aryl methyl sites for hydroxylation is 2. The minimum atomic E-state index is -0.333. The third-order valence-corrected chi connectivity index (χ3v) is 3.28. The maximum atomic E-state index is 12.1. The van der Waals surface area contributed by atoms with E-state index in [1.807, 2.05) is 20.0 Å². The van der Waals surface area contributed by atoms with Gasteiger partial charge in [-0.25, -0.2) is 9.97 Å². The minimum Gasteiger partial charge on any atom is -0.319 e. The van der Waals surface area contributed by atoms with Crippen molar-refractivity contribution in [3.8, 4) is 0 Å². The summed E-state index contributed by atoms with van der Waals surface area (Å²) in [5.74, 6) is -0.333. The molecule has 1 N–H and O–H groups in total. The lowest BCUT2D eigenvalue weighted by Crippen LogP contribution is -2.13. The molecule has 3 aromatic heterocycles. The van der Waals surface area contributed by atoms with Crippen LogP contribution in [-0.4, -0.2) is 25.7 Å². The van der Waals surface area contributed by atoms with Crippen LogP contribution in [0.2, 0.25) is 5.15 Å². The summed E-state index contributed by atoms with van der Waals surface area (Å²) >= 11 is 5.78. The Hall–Kier alpha value is -2.47. The summed E-state index contributed by atoms with van der Waals surface area (Å²) in [6.07, 6.45) is 1.59. The van der Waals surface area contributed by atoms with Crippen molar-refractivity contribution in [1.82, 2.24) is 19.7 Å². The third kappa shape index (κ3) is 2.57. The van der Waals surface area contributed by atoms with Crippen LogP contribution in [0.1, 0.15) is 16.2 Å². The number of pyridine rings is 2. The van der Waals surface area contributed by atoms with Crippen LogP contribution in [0.4, 0.5) is 5.69 Å². The predicted octanol–water partition coefficient (Wildman–Crippen LogP) is 2.58. The van der Waals surface area contributed by atoms with Crippen molar-refractivity contribution in [2.24, 2.45) is 7.05 Å². The molecule has 3 rings (SSSR count). The minimum absolute atomic E-state index is 0.255. The van der Waals surface area contributed by atoms with Crippen molar-refractivity contribution in [1.29, 1.82) is 0 Å². The Morgan fingerprint density at radius 3 is 2.95 bits per heavy atom. The van der Waals surface area contributed by atoms with E-state index in [4.69, 9.17) is 11.6 Å². The van der Waals surface area contributed by atoms with Crippen molar-refractivity contribution >= 4 is 34.2 Å². The predicted molar refractivity (Wildman–Crippen MR) is 80.4 cm³/mol. The highest BCUT2D eigenvalue weighted by atomic mass is 35.5. The number of carbonyl (C=O) groups is 1. The van der Waals surface area contributed by atoms with Crippen molar-refractivity contribution < 1.29 is 4.79 Å². The van der Waals surface area contributed by atoms with E-state index >= 15 is 0 Å². The van der Waals surface area contributed by atoms with Crippen LogP contribution >= 0.6 is 11.6 Å². The van der Waals surface area contributed by atoms with Gasteiger partial charge in [0.05, 0.1) is 17.6 Å². The molecule has 0 aromatic carbocycles. The van der Waals surface area contributed by atoms with Crippen molar-refractivity contribution in [3.05, 3.63) is 47.0 Å². The summed E-state index contributed by atoms with van der Waals surface area (Å²) in [7, 11) is 1.83. The van der Waals surface area contributed by atoms with Gasteiger partial charge < -0.3 is 5.32 Å². The van der Waals surface area contributed by atoms with Gasteiger partial charge >= 0.3 is 0 Å². The molecule has 7 heteroatoms. The number of rotatable bonds is 2. The standard InChI is InChI=1S/C14H12ClN5O/c1-8-10-6-9(7-16-13(10)20(2)19-8)17-14(21)11-4-3-5-12(15)18-11/h3-7H,1-2H3,(H,17,21). The maximum absolute atomic E-state index is 12.1. The van der Waals surface area contributed by atoms with Crippen molar-refractivity contribution in [3.63, 3.8) is 0 Å². The van der Waals surface area contributed by atoms with E-state index in [0.717, 1.165) is 16.7 Å². The second kappa shape index (κ2) is 5.14. The molecule has 0 spiro atoms. The maximum Gasteiger partial charge on any atom is 0.274 e. The molecule has 0 aliphatic rings. The second-order valence-electron chi connectivity index (χ2n) is 4.60. The molecule has 0 radical (unpaired) electrons. The lowest BCUT2D eigenvalue weighted by atomic mass is 10.2. The number of hydrogen-bond acceptors (Lipinski definition) is 4. The molecule has 0 saturated carbocycles. The van der Waals surface area contributed by atoms with Gasteiger partial charge in [0.2, 0.25) is 0 Å². The molecule has 21 heavy (non-hydrogen) atoms. The molecule has 0 aliphatic carbocycles. The number of carbonyl (C=O) groups excluding carboxylic acids is 1. The fourth-order valence-electron chi connectivity index (χ4n) is 2.11. The molecule has 0 unspecified atom stereocenters. The number of aromatic nitrogens is 4. The Morgan fingerprint density at radius 2 is 2.19 bits per heavy atom. The summed E-state index contributed by atoms with van der Waals surface area (Å²) in [5.41, 5.74) is 2.47. The van der Waals surface area contributed by atoms with Gasteiger partial charge in [-0.1, -0.05) is 17.7 Å². The van der Waals surface area contributed by atoms with Gasteiger partial charge in [-0.05, 0) is 25.1 Å². The molecule has 0 aliphatic heterocycles.